The number of rotatable bonds is 2. The van der Waals surface area contributed by atoms with Crippen LogP contribution in [0.25, 0.3) is 0 Å². The summed E-state index contributed by atoms with van der Waals surface area (Å²) in [7, 11) is 0. The van der Waals surface area contributed by atoms with Gasteiger partial charge in [-0.05, 0) is 19.1 Å². The zero-order valence-electron chi connectivity index (χ0n) is 7.40. The van der Waals surface area contributed by atoms with Gasteiger partial charge in [0.05, 0.1) is 6.54 Å². The van der Waals surface area contributed by atoms with Crippen molar-refractivity contribution in [1.29, 1.82) is 0 Å². The van der Waals surface area contributed by atoms with E-state index < -0.39 is 0 Å². The second kappa shape index (κ2) is 3.26. The van der Waals surface area contributed by atoms with Gasteiger partial charge in [-0.2, -0.15) is 0 Å². The van der Waals surface area contributed by atoms with Gasteiger partial charge in [0.2, 0.25) is 0 Å². The first-order chi connectivity index (χ1) is 6.66. The second-order valence-electron chi connectivity index (χ2n) is 2.88. The van der Waals surface area contributed by atoms with Crippen LogP contribution >= 0.6 is 12.2 Å². The van der Waals surface area contributed by atoms with E-state index in [2.05, 4.69) is 15.4 Å². The molecule has 0 aromatic carbocycles. The molecule has 0 radical (unpaired) electrons. The van der Waals surface area contributed by atoms with Crippen LogP contribution in [-0.4, -0.2) is 19.9 Å². The van der Waals surface area contributed by atoms with E-state index in [1.807, 2.05) is 0 Å². The highest BCUT2D eigenvalue weighted by atomic mass is 32.1. The number of nitrogens with zero attached hydrogens (tertiary/aromatic N) is 2. The molecule has 0 bridgehead atoms. The Labute approximate surface area is 83.5 Å². The topological polar surface area (TPSA) is 79.6 Å². The molecule has 14 heavy (non-hydrogen) atoms. The lowest BCUT2D eigenvalue weighted by Gasteiger charge is -1.93. The standard InChI is InChI=1S/C7H8N4O2S/c1-4-2-5(10-13-4)3-11-6(12)8-9-7(11)14/h2H,3H2,1H3,(H,8,12)(H,9,14). The molecule has 0 atom stereocenters. The smallest absolute Gasteiger partial charge is 0.342 e. The van der Waals surface area contributed by atoms with Gasteiger partial charge in [0.1, 0.15) is 11.5 Å². The second-order valence-corrected chi connectivity index (χ2v) is 3.26. The molecule has 6 nitrogen and oxygen atoms in total. The molecular formula is C7H8N4O2S. The van der Waals surface area contributed by atoms with E-state index >= 15 is 0 Å². The molecular weight excluding hydrogens is 204 g/mol. The molecule has 7 heteroatoms. The van der Waals surface area contributed by atoms with Gasteiger partial charge in [0, 0.05) is 6.07 Å². The molecule has 0 amide bonds. The largest absolute Gasteiger partial charge is 0.361 e. The highest BCUT2D eigenvalue weighted by molar-refractivity contribution is 7.71. The first-order valence-corrected chi connectivity index (χ1v) is 4.37. The molecule has 2 aromatic rings. The van der Waals surface area contributed by atoms with E-state index in [1.54, 1.807) is 13.0 Å². The fourth-order valence-corrected chi connectivity index (χ4v) is 1.33. The maximum Gasteiger partial charge on any atom is 0.342 e. The summed E-state index contributed by atoms with van der Waals surface area (Å²) in [5.41, 5.74) is 0.388. The van der Waals surface area contributed by atoms with Crippen LogP contribution in [0.5, 0.6) is 0 Å². The summed E-state index contributed by atoms with van der Waals surface area (Å²) in [5, 5.41) is 8.69. The Balaban J connectivity index is 2.36. The Kier molecular flexibility index (Phi) is 2.08. The molecule has 0 spiro atoms. The van der Waals surface area contributed by atoms with Crippen LogP contribution in [0.4, 0.5) is 0 Å². The fourth-order valence-electron chi connectivity index (χ4n) is 1.13. The molecule has 0 aliphatic rings. The van der Waals surface area contributed by atoms with E-state index in [9.17, 15) is 4.79 Å². The van der Waals surface area contributed by atoms with Gasteiger partial charge in [-0.15, -0.1) is 0 Å². The lowest BCUT2D eigenvalue weighted by atomic mass is 10.4. The first kappa shape index (κ1) is 8.95. The first-order valence-electron chi connectivity index (χ1n) is 3.96. The highest BCUT2D eigenvalue weighted by Gasteiger charge is 2.04. The van der Waals surface area contributed by atoms with Crippen LogP contribution < -0.4 is 5.69 Å². The van der Waals surface area contributed by atoms with Crippen molar-refractivity contribution < 1.29 is 4.52 Å². The maximum absolute atomic E-state index is 11.2. The van der Waals surface area contributed by atoms with E-state index in [0.29, 0.717) is 22.8 Å². The Morgan fingerprint density at radius 3 is 2.93 bits per heavy atom. The van der Waals surface area contributed by atoms with Crippen LogP contribution in [0.15, 0.2) is 15.4 Å². The van der Waals surface area contributed by atoms with Crippen molar-refractivity contribution >= 4 is 12.2 Å². The van der Waals surface area contributed by atoms with Crippen molar-refractivity contribution in [3.63, 3.8) is 0 Å². The number of aromatic nitrogens is 4. The third kappa shape index (κ3) is 1.53. The van der Waals surface area contributed by atoms with E-state index in [0.717, 1.165) is 0 Å². The van der Waals surface area contributed by atoms with Crippen LogP contribution in [0.1, 0.15) is 11.5 Å². The number of H-pyrrole nitrogens is 2. The Morgan fingerprint density at radius 2 is 2.43 bits per heavy atom. The predicted molar refractivity (Wildman–Crippen MR) is 50.6 cm³/mol. The number of hydrogen-bond acceptors (Lipinski definition) is 4. The third-order valence-electron chi connectivity index (χ3n) is 1.76. The van der Waals surface area contributed by atoms with Gasteiger partial charge in [-0.3, -0.25) is 9.67 Å². The summed E-state index contributed by atoms with van der Waals surface area (Å²) >= 11 is 4.90. The van der Waals surface area contributed by atoms with Gasteiger partial charge < -0.3 is 4.52 Å². The van der Waals surface area contributed by atoms with Crippen molar-refractivity contribution in [3.05, 3.63) is 32.8 Å². The summed E-state index contributed by atoms with van der Waals surface area (Å²) < 4.78 is 6.58. The van der Waals surface area contributed by atoms with Crippen LogP contribution in [-0.2, 0) is 6.54 Å². The zero-order valence-corrected chi connectivity index (χ0v) is 8.22. The molecule has 2 aromatic heterocycles. The molecule has 74 valence electrons. The molecule has 0 saturated heterocycles. The molecule has 0 aliphatic heterocycles. The molecule has 0 saturated carbocycles. The molecule has 2 heterocycles. The van der Waals surface area contributed by atoms with Crippen molar-refractivity contribution in [2.75, 3.05) is 0 Å². The third-order valence-corrected chi connectivity index (χ3v) is 2.09. The molecule has 0 aliphatic carbocycles. The van der Waals surface area contributed by atoms with E-state index in [-0.39, 0.29) is 5.69 Å². The van der Waals surface area contributed by atoms with Gasteiger partial charge in [-0.25, -0.2) is 9.89 Å². The zero-order chi connectivity index (χ0) is 10.1. The lowest BCUT2D eigenvalue weighted by Crippen LogP contribution is -2.17. The SMILES string of the molecule is Cc1cc(Cn2c(=O)[nH][nH]c2=S)no1. The van der Waals surface area contributed by atoms with Crippen molar-refractivity contribution in [1.82, 2.24) is 19.9 Å². The van der Waals surface area contributed by atoms with Crippen LogP contribution in [0, 0.1) is 11.7 Å². The van der Waals surface area contributed by atoms with Crippen LogP contribution in [0.2, 0.25) is 0 Å². The average molecular weight is 212 g/mol. The van der Waals surface area contributed by atoms with Gasteiger partial charge in [0.15, 0.2) is 4.77 Å². The maximum atomic E-state index is 11.2. The summed E-state index contributed by atoms with van der Waals surface area (Å²) in [4.78, 5) is 11.2. The Hall–Kier alpha value is -1.63. The van der Waals surface area contributed by atoms with Gasteiger partial charge >= 0.3 is 5.69 Å². The van der Waals surface area contributed by atoms with Crippen LogP contribution in [0.3, 0.4) is 0 Å². The predicted octanol–water partition coefficient (Wildman–Crippen LogP) is 0.579. The lowest BCUT2D eigenvalue weighted by molar-refractivity contribution is 0.388. The Bertz CT molecular complexity index is 519. The normalized spacial score (nSPS) is 10.6. The molecule has 2 N–H and O–H groups in total. The van der Waals surface area contributed by atoms with Gasteiger partial charge in [-0.1, -0.05) is 5.16 Å². The molecule has 0 fully saturated rings. The van der Waals surface area contributed by atoms with Crippen molar-refractivity contribution in [3.8, 4) is 0 Å². The van der Waals surface area contributed by atoms with Crippen molar-refractivity contribution in [2.24, 2.45) is 0 Å². The average Bonchev–Trinajstić information content (AvgIpc) is 2.67. The number of hydrogen-bond donors (Lipinski definition) is 2. The van der Waals surface area contributed by atoms with E-state index in [1.165, 1.54) is 4.57 Å². The highest BCUT2D eigenvalue weighted by Crippen LogP contribution is 2.02. The Morgan fingerprint density at radius 1 is 1.64 bits per heavy atom. The fraction of sp³-hybridized carbons (Fsp3) is 0.286. The molecule has 2 rings (SSSR count). The summed E-state index contributed by atoms with van der Waals surface area (Å²) in [6.07, 6.45) is 0. The summed E-state index contributed by atoms with van der Waals surface area (Å²) in [6, 6.07) is 1.76. The minimum Gasteiger partial charge on any atom is -0.361 e. The summed E-state index contributed by atoms with van der Waals surface area (Å²) in [6.45, 7) is 2.10. The van der Waals surface area contributed by atoms with Crippen molar-refractivity contribution in [2.45, 2.75) is 13.5 Å². The number of aryl methyl sites for hydroxylation is 1. The monoisotopic (exact) mass is 212 g/mol. The van der Waals surface area contributed by atoms with E-state index in [4.69, 9.17) is 16.7 Å². The molecule has 0 unspecified atom stereocenters. The number of aromatic amines is 2. The quantitative estimate of drug-likeness (QED) is 0.713. The number of nitrogens with one attached hydrogen (secondary N) is 2. The van der Waals surface area contributed by atoms with Gasteiger partial charge in [0.25, 0.3) is 0 Å². The minimum atomic E-state index is -0.282. The minimum absolute atomic E-state index is 0.282. The summed E-state index contributed by atoms with van der Waals surface area (Å²) in [5.74, 6) is 0.707.